The second-order valence-electron chi connectivity index (χ2n) is 4.25. The Morgan fingerprint density at radius 3 is 1.60 bits per heavy atom. The molecule has 0 aliphatic rings. The molecule has 0 spiro atoms. The van der Waals surface area contributed by atoms with Crippen LogP contribution in [0.4, 0.5) is 0 Å². The molecule has 0 bridgehead atoms. The highest BCUT2D eigenvalue weighted by molar-refractivity contribution is 7.94. The standard InChI is InChI=1S/C13H30O3Si.CH2OS/c1-5-9-10-11-12-13-17(14-6-2,15-7-3)16-8-4;2-1-3/h5-13H2,1-4H3;1H,(H,2,3). The van der Waals surface area contributed by atoms with Crippen LogP contribution < -0.4 is 0 Å². The van der Waals surface area contributed by atoms with Gasteiger partial charge in [0.1, 0.15) is 0 Å². The van der Waals surface area contributed by atoms with Crippen LogP contribution in [0, 0.1) is 0 Å². The van der Waals surface area contributed by atoms with Crippen molar-refractivity contribution in [2.45, 2.75) is 65.8 Å². The second kappa shape index (κ2) is 17.2. The van der Waals surface area contributed by atoms with Gasteiger partial charge in [0.2, 0.25) is 0 Å². The Morgan fingerprint density at radius 1 is 0.850 bits per heavy atom. The molecule has 0 aromatic carbocycles. The van der Waals surface area contributed by atoms with Crippen LogP contribution in [0.5, 0.6) is 0 Å². The van der Waals surface area contributed by atoms with Crippen LogP contribution in [0.1, 0.15) is 59.8 Å². The molecular weight excluding hydrogens is 292 g/mol. The van der Waals surface area contributed by atoms with Crippen molar-refractivity contribution in [1.82, 2.24) is 0 Å². The Labute approximate surface area is 131 Å². The topological polar surface area (TPSA) is 44.8 Å². The molecule has 122 valence electrons. The summed E-state index contributed by atoms with van der Waals surface area (Å²) in [6.07, 6.45) is 6.34. The molecule has 0 saturated heterocycles. The Balaban J connectivity index is 0. The van der Waals surface area contributed by atoms with Crippen molar-refractivity contribution >= 4 is 27.1 Å². The Morgan fingerprint density at radius 2 is 1.25 bits per heavy atom. The van der Waals surface area contributed by atoms with E-state index in [0.717, 1.165) is 12.5 Å². The molecule has 4 nitrogen and oxygen atoms in total. The zero-order chi connectivity index (χ0) is 15.7. The minimum absolute atomic E-state index is 0.444. The largest absolute Gasteiger partial charge is 0.500 e. The number of rotatable bonds is 12. The minimum atomic E-state index is -2.36. The van der Waals surface area contributed by atoms with Crippen LogP contribution in [0.3, 0.4) is 0 Å². The van der Waals surface area contributed by atoms with Crippen molar-refractivity contribution in [2.75, 3.05) is 19.8 Å². The van der Waals surface area contributed by atoms with E-state index in [9.17, 15) is 0 Å². The van der Waals surface area contributed by atoms with Gasteiger partial charge in [0.05, 0.1) is 0 Å². The molecule has 0 unspecified atom stereocenters. The first-order chi connectivity index (χ1) is 9.66. The molecule has 6 heteroatoms. The summed E-state index contributed by atoms with van der Waals surface area (Å²) >= 11 is 3.11. The lowest BCUT2D eigenvalue weighted by Crippen LogP contribution is -2.45. The fourth-order valence-electron chi connectivity index (χ4n) is 1.95. The van der Waals surface area contributed by atoms with Crippen molar-refractivity contribution in [3.05, 3.63) is 0 Å². The molecule has 0 amide bonds. The number of carbonyl (C=O) groups is 1. The average Bonchev–Trinajstić information content (AvgIpc) is 2.40. The van der Waals surface area contributed by atoms with Gasteiger partial charge in [-0.15, -0.1) is 12.6 Å². The van der Waals surface area contributed by atoms with E-state index >= 15 is 0 Å². The highest BCUT2D eigenvalue weighted by Crippen LogP contribution is 2.20. The van der Waals surface area contributed by atoms with E-state index in [4.69, 9.17) is 18.1 Å². The van der Waals surface area contributed by atoms with E-state index in [1.54, 1.807) is 0 Å². The van der Waals surface area contributed by atoms with Gasteiger partial charge in [0.25, 0.3) is 0 Å². The molecule has 0 radical (unpaired) electrons. The van der Waals surface area contributed by atoms with E-state index in [0.29, 0.717) is 25.4 Å². The second-order valence-corrected chi connectivity index (χ2v) is 7.19. The van der Waals surface area contributed by atoms with E-state index in [2.05, 4.69) is 19.6 Å². The van der Waals surface area contributed by atoms with Crippen molar-refractivity contribution in [3.63, 3.8) is 0 Å². The SMILES string of the molecule is CCCCCCC[Si](OCC)(OCC)OCC.O=CS. The Kier molecular flexibility index (Phi) is 19.2. The number of hydrogen-bond acceptors (Lipinski definition) is 4. The maximum absolute atomic E-state index is 8.67. The van der Waals surface area contributed by atoms with Gasteiger partial charge < -0.3 is 13.3 Å². The predicted molar refractivity (Wildman–Crippen MR) is 89.9 cm³/mol. The van der Waals surface area contributed by atoms with Gasteiger partial charge in [-0.2, -0.15) is 0 Å². The molecule has 0 aromatic heterocycles. The Hall–Kier alpha value is 0.117. The summed E-state index contributed by atoms with van der Waals surface area (Å²) in [7, 11) is -2.36. The summed E-state index contributed by atoms with van der Waals surface area (Å²) in [5, 5.41) is 0. The maximum Gasteiger partial charge on any atom is 0.500 e. The van der Waals surface area contributed by atoms with Crippen LogP contribution in [0.25, 0.3) is 0 Å². The summed E-state index contributed by atoms with van der Waals surface area (Å²) in [5.74, 6) is 0. The number of thiol groups is 1. The predicted octanol–water partition coefficient (Wildman–Crippen LogP) is 4.11. The molecule has 0 aliphatic heterocycles. The number of carbonyl (C=O) groups excluding carboxylic acids is 1. The van der Waals surface area contributed by atoms with Gasteiger partial charge in [0, 0.05) is 25.9 Å². The fourth-order valence-corrected chi connectivity index (χ4v) is 4.63. The normalized spacial score (nSPS) is 10.8. The van der Waals surface area contributed by atoms with Gasteiger partial charge in [0.15, 0.2) is 5.62 Å². The summed E-state index contributed by atoms with van der Waals surface area (Å²) < 4.78 is 17.4. The monoisotopic (exact) mass is 324 g/mol. The first-order valence-corrected chi connectivity index (χ1v) is 10.1. The molecule has 0 rings (SSSR count). The lowest BCUT2D eigenvalue weighted by atomic mass is 10.2. The fraction of sp³-hybridized carbons (Fsp3) is 0.929. The zero-order valence-corrected chi connectivity index (χ0v) is 15.4. The van der Waals surface area contributed by atoms with Gasteiger partial charge >= 0.3 is 8.80 Å². The third-order valence-corrected chi connectivity index (χ3v) is 5.83. The average molecular weight is 325 g/mol. The van der Waals surface area contributed by atoms with E-state index in [-0.39, 0.29) is 0 Å². The molecule has 0 atom stereocenters. The lowest BCUT2D eigenvalue weighted by molar-refractivity contribution is 0.0706. The smallest absolute Gasteiger partial charge is 0.374 e. The molecule has 0 aliphatic carbocycles. The van der Waals surface area contributed by atoms with Crippen LogP contribution in [0.2, 0.25) is 6.04 Å². The maximum atomic E-state index is 8.67. The summed E-state index contributed by atoms with van der Waals surface area (Å²) in [6, 6.07) is 0.965. The van der Waals surface area contributed by atoms with Crippen LogP contribution in [-0.2, 0) is 18.1 Å². The van der Waals surface area contributed by atoms with Crippen LogP contribution >= 0.6 is 12.6 Å². The van der Waals surface area contributed by atoms with Gasteiger partial charge in [-0.3, -0.25) is 4.79 Å². The van der Waals surface area contributed by atoms with Gasteiger partial charge in [-0.25, -0.2) is 0 Å². The third kappa shape index (κ3) is 13.1. The van der Waals surface area contributed by atoms with E-state index < -0.39 is 8.80 Å². The van der Waals surface area contributed by atoms with Crippen molar-refractivity contribution in [3.8, 4) is 0 Å². The van der Waals surface area contributed by atoms with Gasteiger partial charge in [-0.1, -0.05) is 32.6 Å². The first-order valence-electron chi connectivity index (χ1n) is 7.65. The molecule has 0 saturated carbocycles. The zero-order valence-electron chi connectivity index (χ0n) is 13.5. The molecule has 20 heavy (non-hydrogen) atoms. The van der Waals surface area contributed by atoms with Crippen molar-refractivity contribution in [2.24, 2.45) is 0 Å². The molecule has 0 aromatic rings. The molecular formula is C14H32O4SSi. The van der Waals surface area contributed by atoms with E-state index in [1.165, 1.54) is 25.7 Å². The number of unbranched alkanes of at least 4 members (excludes halogenated alkanes) is 4. The van der Waals surface area contributed by atoms with Crippen molar-refractivity contribution in [1.29, 1.82) is 0 Å². The number of hydrogen-bond donors (Lipinski definition) is 1. The highest BCUT2D eigenvalue weighted by atomic mass is 32.1. The summed E-state index contributed by atoms with van der Waals surface area (Å²) in [6.45, 7) is 10.3. The molecule has 0 fully saturated rings. The minimum Gasteiger partial charge on any atom is -0.374 e. The molecule has 0 heterocycles. The third-order valence-electron chi connectivity index (χ3n) is 2.68. The molecule has 0 N–H and O–H groups in total. The van der Waals surface area contributed by atoms with Crippen LogP contribution in [0.15, 0.2) is 0 Å². The van der Waals surface area contributed by atoms with E-state index in [1.807, 2.05) is 20.8 Å². The Bertz CT molecular complexity index is 189. The highest BCUT2D eigenvalue weighted by Gasteiger charge is 2.39. The summed E-state index contributed by atoms with van der Waals surface area (Å²) in [4.78, 5) is 8.67. The quantitative estimate of drug-likeness (QED) is 0.254. The van der Waals surface area contributed by atoms with Crippen molar-refractivity contribution < 1.29 is 18.1 Å². The van der Waals surface area contributed by atoms with Gasteiger partial charge in [-0.05, 0) is 27.2 Å². The summed E-state index contributed by atoms with van der Waals surface area (Å²) in [5.41, 5.74) is 0.444. The van der Waals surface area contributed by atoms with Crippen LogP contribution in [-0.4, -0.2) is 34.2 Å². The first kappa shape index (κ1) is 22.4. The lowest BCUT2D eigenvalue weighted by Gasteiger charge is -2.28.